The van der Waals surface area contributed by atoms with E-state index in [0.29, 0.717) is 0 Å². The summed E-state index contributed by atoms with van der Waals surface area (Å²) in [6, 6.07) is 6.13. The smallest absolute Gasteiger partial charge is 0.313 e. The van der Waals surface area contributed by atoms with Gasteiger partial charge in [0.15, 0.2) is 0 Å². The van der Waals surface area contributed by atoms with Crippen LogP contribution in [0.3, 0.4) is 0 Å². The molecule has 2 aromatic rings. The summed E-state index contributed by atoms with van der Waals surface area (Å²) in [5.74, 6) is 0. The second-order valence-corrected chi connectivity index (χ2v) is 4.00. The van der Waals surface area contributed by atoms with Gasteiger partial charge in [0.05, 0.1) is 11.0 Å². The van der Waals surface area contributed by atoms with E-state index in [9.17, 15) is 4.79 Å². The van der Waals surface area contributed by atoms with E-state index in [1.165, 1.54) is 5.56 Å². The van der Waals surface area contributed by atoms with Gasteiger partial charge < -0.3 is 5.32 Å². The molecule has 0 aliphatic rings. The van der Waals surface area contributed by atoms with E-state index in [-0.39, 0.29) is 18.1 Å². The van der Waals surface area contributed by atoms with Crippen molar-refractivity contribution in [1.82, 2.24) is 14.5 Å². The average molecular weight is 256 g/mol. The number of rotatable bonds is 3. The molecule has 1 aromatic heterocycles. The van der Waals surface area contributed by atoms with E-state index in [4.69, 9.17) is 0 Å². The lowest BCUT2D eigenvalue weighted by atomic mass is 10.2. The summed E-state index contributed by atoms with van der Waals surface area (Å²) in [5.41, 5.74) is 3.20. The molecule has 0 spiro atoms. The second kappa shape index (κ2) is 5.38. The van der Waals surface area contributed by atoms with Crippen molar-refractivity contribution in [2.75, 3.05) is 6.54 Å². The number of nitrogens with zero attached hydrogens (tertiary/aromatic N) is 2. The summed E-state index contributed by atoms with van der Waals surface area (Å²) in [5, 5.41) is 3.28. The van der Waals surface area contributed by atoms with E-state index in [1.807, 2.05) is 13.1 Å². The van der Waals surface area contributed by atoms with Crippen molar-refractivity contribution in [3.63, 3.8) is 0 Å². The van der Waals surface area contributed by atoms with E-state index in [2.05, 4.69) is 24.4 Å². The van der Waals surface area contributed by atoms with Gasteiger partial charge in [-0.3, -0.25) is 9.13 Å². The number of hydrogen-bond donors (Lipinski definition) is 1. The van der Waals surface area contributed by atoms with Gasteiger partial charge in [0.2, 0.25) is 0 Å². The predicted octanol–water partition coefficient (Wildman–Crippen LogP) is 1.41. The van der Waals surface area contributed by atoms with Crippen LogP contribution in [0.15, 0.2) is 23.0 Å². The Morgan fingerprint density at radius 2 is 1.82 bits per heavy atom. The number of benzene rings is 1. The van der Waals surface area contributed by atoms with Crippen molar-refractivity contribution in [2.45, 2.75) is 13.5 Å². The number of halogens is 1. The zero-order chi connectivity index (χ0) is 11.7. The van der Waals surface area contributed by atoms with Crippen molar-refractivity contribution in [3.05, 3.63) is 34.2 Å². The maximum atomic E-state index is 11.7. The Bertz CT molecular complexity index is 571. The molecule has 0 saturated carbocycles. The first kappa shape index (κ1) is 13.8. The van der Waals surface area contributed by atoms with E-state index in [1.54, 1.807) is 16.2 Å². The molecule has 2 rings (SSSR count). The van der Waals surface area contributed by atoms with Gasteiger partial charge in [-0.1, -0.05) is 13.0 Å². The van der Waals surface area contributed by atoms with E-state index >= 15 is 0 Å². The molecular formula is C12H18ClN3O. The zero-order valence-corrected chi connectivity index (χ0v) is 11.2. The fraction of sp³-hybridized carbons (Fsp3) is 0.417. The highest BCUT2D eigenvalue weighted by atomic mass is 35.5. The lowest BCUT2D eigenvalue weighted by Gasteiger charge is -2.03. The van der Waals surface area contributed by atoms with Crippen LogP contribution >= 0.6 is 12.4 Å². The normalized spacial score (nSPS) is 10.5. The summed E-state index contributed by atoms with van der Waals surface area (Å²) in [7, 11) is 3.61. The fourth-order valence-corrected chi connectivity index (χ4v) is 1.93. The van der Waals surface area contributed by atoms with Gasteiger partial charge in [0.25, 0.3) is 0 Å². The van der Waals surface area contributed by atoms with Crippen molar-refractivity contribution in [1.29, 1.82) is 0 Å². The standard InChI is InChI=1S/C12H17N3O.ClH/c1-4-13-8-9-5-6-10-11(7-9)15(3)12(16)14(10)2;/h5-7,13H,4,8H2,1-3H3;1H. The Labute approximate surface area is 107 Å². The summed E-state index contributed by atoms with van der Waals surface area (Å²) < 4.78 is 3.36. The molecule has 0 aliphatic heterocycles. The van der Waals surface area contributed by atoms with E-state index in [0.717, 1.165) is 24.1 Å². The number of imidazole rings is 1. The van der Waals surface area contributed by atoms with Gasteiger partial charge in [0.1, 0.15) is 0 Å². The molecule has 0 fully saturated rings. The van der Waals surface area contributed by atoms with Gasteiger partial charge in [-0.25, -0.2) is 4.79 Å². The van der Waals surface area contributed by atoms with Crippen molar-refractivity contribution < 1.29 is 0 Å². The zero-order valence-electron chi connectivity index (χ0n) is 10.4. The van der Waals surface area contributed by atoms with Crippen molar-refractivity contribution >= 4 is 23.4 Å². The van der Waals surface area contributed by atoms with Crippen LogP contribution in [-0.4, -0.2) is 15.7 Å². The average Bonchev–Trinajstić information content (AvgIpc) is 2.52. The summed E-state index contributed by atoms with van der Waals surface area (Å²) in [4.78, 5) is 11.7. The molecule has 4 nitrogen and oxygen atoms in total. The van der Waals surface area contributed by atoms with Crippen LogP contribution < -0.4 is 11.0 Å². The molecular weight excluding hydrogens is 238 g/mol. The topological polar surface area (TPSA) is 39.0 Å². The lowest BCUT2D eigenvalue weighted by molar-refractivity contribution is 0.727. The van der Waals surface area contributed by atoms with Crippen molar-refractivity contribution in [3.8, 4) is 0 Å². The molecule has 0 saturated heterocycles. The van der Waals surface area contributed by atoms with Gasteiger partial charge in [-0.05, 0) is 24.2 Å². The number of nitrogens with one attached hydrogen (secondary N) is 1. The molecule has 1 heterocycles. The van der Waals surface area contributed by atoms with Crippen molar-refractivity contribution in [2.24, 2.45) is 14.1 Å². The summed E-state index contributed by atoms with van der Waals surface area (Å²) in [6.45, 7) is 3.87. The lowest BCUT2D eigenvalue weighted by Crippen LogP contribution is -2.19. The Morgan fingerprint density at radius 3 is 2.47 bits per heavy atom. The van der Waals surface area contributed by atoms with Gasteiger partial charge in [-0.15, -0.1) is 12.4 Å². The van der Waals surface area contributed by atoms with Crippen LogP contribution in [0.4, 0.5) is 0 Å². The molecule has 94 valence electrons. The molecule has 0 aliphatic carbocycles. The Kier molecular flexibility index (Phi) is 4.37. The third kappa shape index (κ3) is 2.37. The molecule has 0 bridgehead atoms. The molecule has 5 heteroatoms. The largest absolute Gasteiger partial charge is 0.328 e. The number of hydrogen-bond acceptors (Lipinski definition) is 2. The minimum atomic E-state index is 0. The monoisotopic (exact) mass is 255 g/mol. The van der Waals surface area contributed by atoms with Gasteiger partial charge in [0, 0.05) is 20.6 Å². The SMILES string of the molecule is CCNCc1ccc2c(c1)n(C)c(=O)n2C.Cl. The Balaban J connectivity index is 0.00000144. The highest BCUT2D eigenvalue weighted by Crippen LogP contribution is 2.13. The van der Waals surface area contributed by atoms with Gasteiger partial charge in [-0.2, -0.15) is 0 Å². The third-order valence-electron chi connectivity index (χ3n) is 2.92. The molecule has 0 radical (unpaired) electrons. The minimum Gasteiger partial charge on any atom is -0.313 e. The minimum absolute atomic E-state index is 0. The number of fused-ring (bicyclic) bond motifs is 1. The van der Waals surface area contributed by atoms with Crippen LogP contribution in [-0.2, 0) is 20.6 Å². The fourth-order valence-electron chi connectivity index (χ4n) is 1.93. The molecule has 1 N–H and O–H groups in total. The highest BCUT2D eigenvalue weighted by Gasteiger charge is 2.07. The number of aryl methyl sites for hydroxylation is 2. The first-order chi connectivity index (χ1) is 7.65. The molecule has 0 atom stereocenters. The molecule has 0 amide bonds. The maximum Gasteiger partial charge on any atom is 0.328 e. The van der Waals surface area contributed by atoms with Crippen LogP contribution in [0.5, 0.6) is 0 Å². The quantitative estimate of drug-likeness (QED) is 0.901. The van der Waals surface area contributed by atoms with Crippen LogP contribution in [0.2, 0.25) is 0 Å². The third-order valence-corrected chi connectivity index (χ3v) is 2.92. The summed E-state index contributed by atoms with van der Waals surface area (Å²) in [6.07, 6.45) is 0. The van der Waals surface area contributed by atoms with Gasteiger partial charge >= 0.3 is 5.69 Å². The van der Waals surface area contributed by atoms with Crippen LogP contribution in [0, 0.1) is 0 Å². The molecule has 17 heavy (non-hydrogen) atoms. The van der Waals surface area contributed by atoms with Crippen LogP contribution in [0.1, 0.15) is 12.5 Å². The summed E-state index contributed by atoms with van der Waals surface area (Å²) >= 11 is 0. The predicted molar refractivity (Wildman–Crippen MR) is 72.8 cm³/mol. The first-order valence-electron chi connectivity index (χ1n) is 5.50. The van der Waals surface area contributed by atoms with E-state index < -0.39 is 0 Å². The molecule has 0 unspecified atom stereocenters. The van der Waals surface area contributed by atoms with Crippen LogP contribution in [0.25, 0.3) is 11.0 Å². The molecule has 1 aromatic carbocycles. The second-order valence-electron chi connectivity index (χ2n) is 4.00. The highest BCUT2D eigenvalue weighted by molar-refractivity contribution is 5.85. The maximum absolute atomic E-state index is 11.7. The Morgan fingerprint density at radius 1 is 1.18 bits per heavy atom. The first-order valence-corrected chi connectivity index (χ1v) is 5.50. The Hall–Kier alpha value is -1.26. The number of aromatic nitrogens is 2.